The summed E-state index contributed by atoms with van der Waals surface area (Å²) in [7, 11) is 0. The first-order chi connectivity index (χ1) is 21.3. The van der Waals surface area contributed by atoms with Gasteiger partial charge in [-0.15, -0.1) is 0 Å². The number of aromatic nitrogens is 5. The number of anilines is 1. The molecule has 0 aliphatic carbocycles. The second-order valence-corrected chi connectivity index (χ2v) is 10.8. The van der Waals surface area contributed by atoms with E-state index in [4.69, 9.17) is 22.2 Å². The largest absolute Gasteiger partial charge is 0.507 e. The smallest absolute Gasteiger partial charge is 0.272 e. The molecular formula is C31H33N11O2. The van der Waals surface area contributed by atoms with Crippen molar-refractivity contribution in [2.75, 3.05) is 18.0 Å². The molecule has 1 amide bonds. The number of phenols is 1. The number of nitrogens with zero attached hydrogens (tertiary/aromatic N) is 7. The summed E-state index contributed by atoms with van der Waals surface area (Å²) in [4.78, 5) is 30.4. The molecule has 2 saturated heterocycles. The Bertz CT molecular complexity index is 1790. The van der Waals surface area contributed by atoms with E-state index in [9.17, 15) is 9.90 Å². The zero-order chi connectivity index (χ0) is 30.8. The number of aromatic hydroxyl groups is 1. The molecule has 13 heteroatoms. The number of nitrogens with one attached hydrogen (secondary N) is 1. The maximum atomic E-state index is 12.7. The van der Waals surface area contributed by atoms with Crippen molar-refractivity contribution in [1.29, 1.82) is 0 Å². The number of phenolic OH excluding ortho intramolecular Hbond substituents is 1. The molecule has 2 aliphatic heterocycles. The van der Waals surface area contributed by atoms with Crippen LogP contribution in [0.1, 0.15) is 41.6 Å². The summed E-state index contributed by atoms with van der Waals surface area (Å²) >= 11 is 0. The molecule has 6 rings (SSSR count). The molecule has 2 aliphatic rings. The van der Waals surface area contributed by atoms with Gasteiger partial charge in [-0.25, -0.2) is 19.5 Å². The van der Waals surface area contributed by atoms with Crippen LogP contribution in [0.4, 0.5) is 5.82 Å². The third-order valence-corrected chi connectivity index (χ3v) is 7.75. The highest BCUT2D eigenvalue weighted by Gasteiger charge is 2.41. The second kappa shape index (κ2) is 11.8. The fourth-order valence-corrected chi connectivity index (χ4v) is 5.75. The Morgan fingerprint density at radius 1 is 1.09 bits per heavy atom. The van der Waals surface area contributed by atoms with Crippen LogP contribution in [-0.2, 0) is 0 Å². The number of fused-ring (bicyclic) bond motifs is 3. The number of piperazine rings is 1. The van der Waals surface area contributed by atoms with Crippen LogP contribution < -0.4 is 27.4 Å². The summed E-state index contributed by atoms with van der Waals surface area (Å²) in [6.07, 6.45) is 8.75. The zero-order valence-electron chi connectivity index (χ0n) is 24.1. The lowest BCUT2D eigenvalue weighted by Crippen LogP contribution is -2.54. The Morgan fingerprint density at radius 2 is 1.86 bits per heavy atom. The molecule has 3 aromatic heterocycles. The standard InChI is InChI=1S/C31H33N11O2/c1-19(37-31(44)24-16-29-36-12-4-14-41(29)39-24)7-10-27-35-13-11-28(38-27)42-20-8-9-21(42)18-40(17-20)25(30(33)34)15-23(32)22-5-2-3-6-26(22)43/h2-6,11-16,19-21,43H,8-9,17-18,32-34H2,1H3,(H,37,44)/b23-15-. The van der Waals surface area contributed by atoms with E-state index in [1.54, 1.807) is 66.4 Å². The van der Waals surface area contributed by atoms with E-state index in [1.807, 2.05) is 12.1 Å². The molecule has 3 atom stereocenters. The minimum atomic E-state index is -0.461. The highest BCUT2D eigenvalue weighted by atomic mass is 16.3. The van der Waals surface area contributed by atoms with Gasteiger partial charge in [-0.1, -0.05) is 18.1 Å². The van der Waals surface area contributed by atoms with Gasteiger partial charge in [0.15, 0.2) is 11.3 Å². The van der Waals surface area contributed by atoms with E-state index >= 15 is 0 Å². The Labute approximate surface area is 254 Å². The predicted molar refractivity (Wildman–Crippen MR) is 165 cm³/mol. The van der Waals surface area contributed by atoms with Gasteiger partial charge < -0.3 is 37.4 Å². The lowest BCUT2D eigenvalue weighted by atomic mass is 10.1. The van der Waals surface area contributed by atoms with Crippen molar-refractivity contribution in [1.82, 2.24) is 34.8 Å². The van der Waals surface area contributed by atoms with Crippen molar-refractivity contribution in [3.63, 3.8) is 0 Å². The van der Waals surface area contributed by atoms with E-state index in [2.05, 4.69) is 42.0 Å². The Morgan fingerprint density at radius 3 is 2.59 bits per heavy atom. The van der Waals surface area contributed by atoms with E-state index in [-0.39, 0.29) is 35.3 Å². The van der Waals surface area contributed by atoms with Gasteiger partial charge in [0.2, 0.25) is 5.82 Å². The van der Waals surface area contributed by atoms with Crippen LogP contribution in [0, 0.1) is 11.8 Å². The lowest BCUT2D eigenvalue weighted by Gasteiger charge is -2.43. The number of nitrogens with two attached hydrogens (primary N) is 3. The van der Waals surface area contributed by atoms with Gasteiger partial charge in [-0.3, -0.25) is 4.79 Å². The van der Waals surface area contributed by atoms with Gasteiger partial charge in [-0.05, 0) is 56.0 Å². The Balaban J connectivity index is 1.14. The minimum absolute atomic E-state index is 0.0878. The Kier molecular flexibility index (Phi) is 7.63. The molecule has 1 aromatic carbocycles. The predicted octanol–water partition coefficient (Wildman–Crippen LogP) is 1.13. The molecule has 8 N–H and O–H groups in total. The molecule has 2 bridgehead atoms. The minimum Gasteiger partial charge on any atom is -0.507 e. The topological polar surface area (TPSA) is 190 Å². The number of amides is 1. The first kappa shape index (κ1) is 28.4. The number of carbonyl (C=O) groups is 1. The summed E-state index contributed by atoms with van der Waals surface area (Å²) in [6.45, 7) is 3.12. The van der Waals surface area contributed by atoms with Crippen LogP contribution in [-0.4, -0.2) is 71.7 Å². The number of carbonyl (C=O) groups excluding carboxylic acids is 1. The normalized spacial score (nSPS) is 18.4. The average molecular weight is 592 g/mol. The second-order valence-electron chi connectivity index (χ2n) is 10.8. The molecule has 5 heterocycles. The molecule has 3 unspecified atom stereocenters. The quantitative estimate of drug-likeness (QED) is 0.160. The maximum Gasteiger partial charge on any atom is 0.272 e. The first-order valence-corrected chi connectivity index (χ1v) is 14.3. The summed E-state index contributed by atoms with van der Waals surface area (Å²) in [6, 6.07) is 12.0. The fourth-order valence-electron chi connectivity index (χ4n) is 5.75. The number of hydrogen-bond donors (Lipinski definition) is 5. The van der Waals surface area contributed by atoms with Gasteiger partial charge in [-0.2, -0.15) is 5.10 Å². The molecular weight excluding hydrogens is 558 g/mol. The van der Waals surface area contributed by atoms with Crippen molar-refractivity contribution in [3.05, 3.63) is 95.7 Å². The fraction of sp³-hybridized carbons (Fsp3) is 0.258. The summed E-state index contributed by atoms with van der Waals surface area (Å²) in [5.74, 6) is 7.08. The van der Waals surface area contributed by atoms with Gasteiger partial charge in [0.25, 0.3) is 5.91 Å². The van der Waals surface area contributed by atoms with Crippen LogP contribution >= 0.6 is 0 Å². The number of hydrogen-bond acceptors (Lipinski definition) is 11. The van der Waals surface area contributed by atoms with Gasteiger partial charge in [0.05, 0.1) is 11.7 Å². The summed E-state index contributed by atoms with van der Waals surface area (Å²) in [5.41, 5.74) is 20.9. The summed E-state index contributed by atoms with van der Waals surface area (Å²) < 4.78 is 1.54. The van der Waals surface area contributed by atoms with E-state index < -0.39 is 6.04 Å². The van der Waals surface area contributed by atoms with Crippen molar-refractivity contribution in [3.8, 4) is 17.6 Å². The zero-order valence-corrected chi connectivity index (χ0v) is 24.1. The number of benzene rings is 1. The van der Waals surface area contributed by atoms with Crippen LogP contribution in [0.5, 0.6) is 5.75 Å². The summed E-state index contributed by atoms with van der Waals surface area (Å²) in [5, 5.41) is 17.3. The number of rotatable bonds is 6. The van der Waals surface area contributed by atoms with Gasteiger partial charge in [0, 0.05) is 61.1 Å². The van der Waals surface area contributed by atoms with Gasteiger partial charge in [0.1, 0.15) is 17.4 Å². The molecule has 0 radical (unpaired) electrons. The SMILES string of the molecule is CC(C#Cc1nccc(N2C3CCC2CN(C(/C=C(\N)c2ccccc2O)=C(N)N)C3)n1)NC(=O)c1cc2ncccn2n1. The third-order valence-electron chi connectivity index (χ3n) is 7.75. The van der Waals surface area contributed by atoms with Crippen molar-refractivity contribution in [2.24, 2.45) is 17.2 Å². The van der Waals surface area contributed by atoms with E-state index in [0.717, 1.165) is 18.7 Å². The number of likely N-dealkylation sites (tertiary alicyclic amines) is 1. The number of allylic oxidation sites excluding steroid dienone is 1. The molecule has 2 fully saturated rings. The van der Waals surface area contributed by atoms with Crippen molar-refractivity contribution < 1.29 is 9.90 Å². The molecule has 0 spiro atoms. The average Bonchev–Trinajstić information content (AvgIpc) is 3.57. The Hall–Kier alpha value is -5.77. The van der Waals surface area contributed by atoms with Crippen LogP contribution in [0.15, 0.2) is 78.6 Å². The maximum absolute atomic E-state index is 12.7. The molecule has 224 valence electrons. The molecule has 44 heavy (non-hydrogen) atoms. The van der Waals surface area contributed by atoms with Crippen molar-refractivity contribution in [2.45, 2.75) is 37.9 Å². The van der Waals surface area contributed by atoms with E-state index in [0.29, 0.717) is 41.5 Å². The first-order valence-electron chi connectivity index (χ1n) is 14.3. The van der Waals surface area contributed by atoms with Crippen LogP contribution in [0.3, 0.4) is 0 Å². The number of para-hydroxylation sites is 1. The lowest BCUT2D eigenvalue weighted by molar-refractivity contribution is 0.0942. The highest BCUT2D eigenvalue weighted by Crippen LogP contribution is 2.35. The van der Waals surface area contributed by atoms with Gasteiger partial charge >= 0.3 is 0 Å². The van der Waals surface area contributed by atoms with Crippen LogP contribution in [0.2, 0.25) is 0 Å². The van der Waals surface area contributed by atoms with Crippen LogP contribution in [0.25, 0.3) is 11.3 Å². The molecule has 4 aromatic rings. The third kappa shape index (κ3) is 5.78. The van der Waals surface area contributed by atoms with E-state index in [1.165, 1.54) is 0 Å². The van der Waals surface area contributed by atoms with Crippen molar-refractivity contribution >= 4 is 23.1 Å². The highest BCUT2D eigenvalue weighted by molar-refractivity contribution is 5.93. The monoisotopic (exact) mass is 591 g/mol. The molecule has 0 saturated carbocycles. The molecule has 13 nitrogen and oxygen atoms in total.